The Bertz CT molecular complexity index is 1750. The number of esters is 2. The van der Waals surface area contributed by atoms with E-state index in [4.69, 9.17) is 9.47 Å². The molecule has 0 aromatic heterocycles. The van der Waals surface area contributed by atoms with E-state index in [-0.39, 0.29) is 42.1 Å². The Kier molecular flexibility index (Phi) is 15.2. The van der Waals surface area contributed by atoms with Gasteiger partial charge in [0, 0.05) is 18.6 Å². The quantitative estimate of drug-likeness (QED) is 0.0423. The molecule has 1 atom stereocenters. The third-order valence-electron chi connectivity index (χ3n) is 7.46. The summed E-state index contributed by atoms with van der Waals surface area (Å²) >= 11 is 0. The molecule has 4 aromatic carbocycles. The topological polar surface area (TPSA) is 151 Å². The summed E-state index contributed by atoms with van der Waals surface area (Å²) in [4.78, 5) is 35.6. The van der Waals surface area contributed by atoms with Crippen LogP contribution in [0.15, 0.2) is 120 Å². The van der Waals surface area contributed by atoms with Crippen LogP contribution in [0.5, 0.6) is 0 Å². The molecule has 1 unspecified atom stereocenters. The highest BCUT2D eigenvalue weighted by molar-refractivity contribution is 7.86. The fraction of sp³-hybridized carbons (Fsp3) is 0.350. The fourth-order valence-corrected chi connectivity index (χ4v) is 6.34. The number of nitro benzene ring substituents is 1. The molecule has 4 rings (SSSR count). The lowest BCUT2D eigenvalue weighted by atomic mass is 9.76. The van der Waals surface area contributed by atoms with Crippen molar-refractivity contribution < 1.29 is 36.6 Å². The van der Waals surface area contributed by atoms with Gasteiger partial charge in [0.15, 0.2) is 0 Å². The standard InChI is InChI=1S/C31H37NO4.C9H11NO5S/c1-23(2)35-29(34)27(21-22-28(33)36-30(3,4)5)32-31(24-15-9-6-10-16-24,25-17-11-7-12-18-25)26-19-13-8-14-20-26;1-2-6-15-16(13,14)9-5-3-4-8(7-9)10(11)12/h6-20,23,27,32H,21-22H2,1-5H3;3-5,7H,2,6H2,1H3. The van der Waals surface area contributed by atoms with E-state index < -0.39 is 38.2 Å². The fourth-order valence-electron chi connectivity index (χ4n) is 5.31. The summed E-state index contributed by atoms with van der Waals surface area (Å²) in [7, 11) is -3.88. The summed E-state index contributed by atoms with van der Waals surface area (Å²) in [6.45, 7) is 11.0. The van der Waals surface area contributed by atoms with Crippen LogP contribution in [0.2, 0.25) is 0 Å². The smallest absolute Gasteiger partial charge is 0.323 e. The van der Waals surface area contributed by atoms with Crippen LogP contribution in [0.1, 0.15) is 77.5 Å². The lowest BCUT2D eigenvalue weighted by Gasteiger charge is -2.39. The minimum absolute atomic E-state index is 0.0605. The van der Waals surface area contributed by atoms with Crippen LogP contribution in [0.4, 0.5) is 5.69 Å². The molecule has 278 valence electrons. The Morgan fingerprint density at radius 1 is 0.808 bits per heavy atom. The van der Waals surface area contributed by atoms with Gasteiger partial charge < -0.3 is 9.47 Å². The second kappa shape index (κ2) is 19.1. The maximum atomic E-state index is 13.4. The summed E-state index contributed by atoms with van der Waals surface area (Å²) < 4.78 is 38.9. The van der Waals surface area contributed by atoms with Crippen LogP contribution in [0, 0.1) is 10.1 Å². The van der Waals surface area contributed by atoms with Crippen molar-refractivity contribution in [3.63, 3.8) is 0 Å². The summed E-state index contributed by atoms with van der Waals surface area (Å²) in [5.41, 5.74) is 1.19. The third kappa shape index (κ3) is 12.1. The molecule has 0 bridgehead atoms. The van der Waals surface area contributed by atoms with Crippen molar-refractivity contribution in [2.75, 3.05) is 6.61 Å². The molecule has 0 saturated heterocycles. The minimum atomic E-state index is -3.88. The Hall–Kier alpha value is -4.91. The zero-order valence-electron chi connectivity index (χ0n) is 30.5. The minimum Gasteiger partial charge on any atom is -0.462 e. The number of benzene rings is 4. The SMILES string of the molecule is CC(C)OC(=O)C(CCC(=O)OC(C)(C)C)NC(c1ccccc1)(c1ccccc1)c1ccccc1.CCCOS(=O)(=O)c1cccc([N+](=O)[O-])c1. The van der Waals surface area contributed by atoms with Crippen LogP contribution in [-0.2, 0) is 38.9 Å². The summed E-state index contributed by atoms with van der Waals surface area (Å²) in [5.74, 6) is -0.753. The van der Waals surface area contributed by atoms with E-state index in [2.05, 4.69) is 9.50 Å². The molecule has 0 spiro atoms. The number of hydrogen-bond acceptors (Lipinski definition) is 10. The Balaban J connectivity index is 0.000000381. The molecule has 0 aliphatic heterocycles. The first-order chi connectivity index (χ1) is 24.6. The molecule has 0 aliphatic carbocycles. The van der Waals surface area contributed by atoms with E-state index in [1.165, 1.54) is 18.2 Å². The van der Waals surface area contributed by atoms with Crippen molar-refractivity contribution in [3.05, 3.63) is 142 Å². The molecule has 0 heterocycles. The van der Waals surface area contributed by atoms with Gasteiger partial charge in [-0.25, -0.2) is 0 Å². The monoisotopic (exact) mass is 732 g/mol. The van der Waals surface area contributed by atoms with Gasteiger partial charge in [-0.1, -0.05) is 104 Å². The third-order valence-corrected chi connectivity index (χ3v) is 8.77. The number of nitrogens with zero attached hydrogens (tertiary/aromatic N) is 1. The molecule has 1 N–H and O–H groups in total. The van der Waals surface area contributed by atoms with E-state index in [9.17, 15) is 28.1 Å². The van der Waals surface area contributed by atoms with Gasteiger partial charge in [0.1, 0.15) is 16.5 Å². The second-order valence-corrected chi connectivity index (χ2v) is 14.8. The van der Waals surface area contributed by atoms with Gasteiger partial charge in [-0.15, -0.1) is 0 Å². The number of hydrogen-bond donors (Lipinski definition) is 1. The number of carbonyl (C=O) groups is 2. The van der Waals surface area contributed by atoms with E-state index in [1.807, 2.05) is 126 Å². The van der Waals surface area contributed by atoms with Gasteiger partial charge in [0.2, 0.25) is 0 Å². The number of nitro groups is 1. The molecule has 12 heteroatoms. The first kappa shape index (κ1) is 41.5. The van der Waals surface area contributed by atoms with Crippen molar-refractivity contribution in [2.45, 2.75) is 89.0 Å². The van der Waals surface area contributed by atoms with Crippen molar-refractivity contribution in [1.29, 1.82) is 0 Å². The Morgan fingerprint density at radius 2 is 1.31 bits per heavy atom. The van der Waals surface area contributed by atoms with E-state index in [0.717, 1.165) is 22.8 Å². The molecule has 0 fully saturated rings. The van der Waals surface area contributed by atoms with Gasteiger partial charge in [0.05, 0.1) is 23.2 Å². The zero-order valence-corrected chi connectivity index (χ0v) is 31.3. The van der Waals surface area contributed by atoms with Crippen molar-refractivity contribution in [2.24, 2.45) is 0 Å². The predicted molar refractivity (Wildman–Crippen MR) is 199 cm³/mol. The summed E-state index contributed by atoms with van der Waals surface area (Å²) in [6.07, 6.45) is 0.572. The molecule has 4 aromatic rings. The molecule has 0 saturated carbocycles. The van der Waals surface area contributed by atoms with Gasteiger partial charge in [-0.2, -0.15) is 8.42 Å². The van der Waals surface area contributed by atoms with E-state index in [1.54, 1.807) is 6.92 Å². The molecule has 0 aliphatic rings. The van der Waals surface area contributed by atoms with Crippen LogP contribution in [0.3, 0.4) is 0 Å². The van der Waals surface area contributed by atoms with Crippen molar-refractivity contribution in [3.8, 4) is 0 Å². The average Bonchev–Trinajstić information content (AvgIpc) is 3.11. The van der Waals surface area contributed by atoms with Gasteiger partial charge in [-0.05, 0) is 70.2 Å². The maximum absolute atomic E-state index is 13.4. The Morgan fingerprint density at radius 3 is 1.73 bits per heavy atom. The lowest BCUT2D eigenvalue weighted by molar-refractivity contribution is -0.385. The van der Waals surface area contributed by atoms with Gasteiger partial charge in [0.25, 0.3) is 15.8 Å². The van der Waals surface area contributed by atoms with Crippen LogP contribution < -0.4 is 5.32 Å². The van der Waals surface area contributed by atoms with Crippen LogP contribution in [-0.4, -0.2) is 49.6 Å². The number of carbonyl (C=O) groups excluding carboxylic acids is 2. The molecule has 0 amide bonds. The summed E-state index contributed by atoms with van der Waals surface area (Å²) in [5, 5.41) is 14.1. The zero-order chi connectivity index (χ0) is 38.4. The second-order valence-electron chi connectivity index (χ2n) is 13.2. The number of non-ortho nitro benzene ring substituents is 1. The molecular formula is C40H48N2O9S. The van der Waals surface area contributed by atoms with Gasteiger partial charge >= 0.3 is 11.9 Å². The average molecular weight is 733 g/mol. The number of rotatable bonds is 15. The van der Waals surface area contributed by atoms with E-state index in [0.29, 0.717) is 6.42 Å². The highest BCUT2D eigenvalue weighted by Crippen LogP contribution is 2.38. The first-order valence-electron chi connectivity index (χ1n) is 17.1. The number of nitrogens with one attached hydrogen (secondary N) is 1. The lowest BCUT2D eigenvalue weighted by Crippen LogP contribution is -2.53. The van der Waals surface area contributed by atoms with Gasteiger partial charge in [-0.3, -0.25) is 29.2 Å². The molecule has 52 heavy (non-hydrogen) atoms. The Labute approximate surface area is 306 Å². The maximum Gasteiger partial charge on any atom is 0.323 e. The first-order valence-corrected chi connectivity index (χ1v) is 18.5. The normalized spacial score (nSPS) is 12.3. The van der Waals surface area contributed by atoms with Crippen molar-refractivity contribution >= 4 is 27.7 Å². The highest BCUT2D eigenvalue weighted by atomic mass is 32.2. The van der Waals surface area contributed by atoms with Crippen LogP contribution >= 0.6 is 0 Å². The van der Waals surface area contributed by atoms with Crippen LogP contribution in [0.25, 0.3) is 0 Å². The molecule has 0 radical (unpaired) electrons. The molecular weight excluding hydrogens is 685 g/mol. The summed E-state index contributed by atoms with van der Waals surface area (Å²) in [6, 6.07) is 34.1. The number of ether oxygens (including phenoxy) is 2. The van der Waals surface area contributed by atoms with E-state index >= 15 is 0 Å². The molecule has 11 nitrogen and oxygen atoms in total. The highest BCUT2D eigenvalue weighted by Gasteiger charge is 2.40. The largest absolute Gasteiger partial charge is 0.462 e. The van der Waals surface area contributed by atoms with Crippen molar-refractivity contribution in [1.82, 2.24) is 5.32 Å². The predicted octanol–water partition coefficient (Wildman–Crippen LogP) is 7.72.